The molecule has 0 N–H and O–H groups in total. The summed E-state index contributed by atoms with van der Waals surface area (Å²) in [6.07, 6.45) is 19.0. The molecule has 1 aliphatic carbocycles. The molecule has 1 aliphatic rings. The molecule has 0 unspecified atom stereocenters. The molecule has 0 nitrogen and oxygen atoms in total. The van der Waals surface area contributed by atoms with E-state index >= 15 is 0 Å². The molecule has 30 heavy (non-hydrogen) atoms. The Balaban J connectivity index is 1.81. The van der Waals surface area contributed by atoms with Gasteiger partial charge in [0.1, 0.15) is 0 Å². The van der Waals surface area contributed by atoms with Gasteiger partial charge in [-0.3, -0.25) is 0 Å². The summed E-state index contributed by atoms with van der Waals surface area (Å²) in [5, 5.41) is 0. The molecule has 0 saturated heterocycles. The molecule has 0 aromatic heterocycles. The average molecular weight is 470 g/mol. The van der Waals surface area contributed by atoms with Crippen molar-refractivity contribution in [3.05, 3.63) is 58.1 Å². The van der Waals surface area contributed by atoms with E-state index in [1.165, 1.54) is 105 Å². The van der Waals surface area contributed by atoms with Gasteiger partial charge in [-0.25, -0.2) is 0 Å². The molecule has 0 radical (unpaired) electrons. The fourth-order valence-corrected chi connectivity index (χ4v) is 6.31. The van der Waals surface area contributed by atoms with E-state index < -0.39 is 0 Å². The maximum absolute atomic E-state index is 3.97. The highest BCUT2D eigenvalue weighted by Crippen LogP contribution is 2.56. The summed E-state index contributed by atoms with van der Waals surface area (Å²) in [5.74, 6) is 0. The Bertz CT molecular complexity index is 760. The summed E-state index contributed by atoms with van der Waals surface area (Å²) in [4.78, 5) is 0. The zero-order valence-corrected chi connectivity index (χ0v) is 20.9. The highest BCUT2D eigenvalue weighted by atomic mass is 79.9. The Labute approximate surface area is 194 Å². The second-order valence-electron chi connectivity index (χ2n) is 9.33. The van der Waals surface area contributed by atoms with Crippen LogP contribution in [0, 0.1) is 0 Å². The summed E-state index contributed by atoms with van der Waals surface area (Å²) < 4.78 is 1.31. The Morgan fingerprint density at radius 1 is 0.600 bits per heavy atom. The van der Waals surface area contributed by atoms with Gasteiger partial charge in [-0.2, -0.15) is 0 Å². The number of rotatable bonds is 14. The predicted molar refractivity (Wildman–Crippen MR) is 136 cm³/mol. The smallest absolute Gasteiger partial charge is 0.0226 e. The summed E-state index contributed by atoms with van der Waals surface area (Å²) in [7, 11) is 0. The third-order valence-electron chi connectivity index (χ3n) is 7.14. The molecule has 0 amide bonds. The van der Waals surface area contributed by atoms with E-state index in [1.54, 1.807) is 11.1 Å². The van der Waals surface area contributed by atoms with Crippen LogP contribution in [0.15, 0.2) is 46.9 Å². The van der Waals surface area contributed by atoms with Crippen molar-refractivity contribution in [3.8, 4) is 11.1 Å². The standard InChI is InChI=1S/C29H41Br/c1-3-5-7-9-11-15-22-29(23-16-12-10-8-6-4-2)26-20-14-13-18-24(26)25-19-17-21-27(30)28(25)29/h13-14,17-21H,3-12,15-16,22-23H2,1-2H3. The van der Waals surface area contributed by atoms with Crippen molar-refractivity contribution in [2.45, 2.75) is 109 Å². The predicted octanol–water partition coefficient (Wildman–Crippen LogP) is 10.2. The number of hydrogen-bond acceptors (Lipinski definition) is 0. The van der Waals surface area contributed by atoms with Crippen LogP contribution in [-0.4, -0.2) is 0 Å². The molecule has 3 rings (SSSR count). The highest BCUT2D eigenvalue weighted by Gasteiger charge is 2.43. The topological polar surface area (TPSA) is 0 Å². The van der Waals surface area contributed by atoms with Gasteiger partial charge in [0.2, 0.25) is 0 Å². The molecular weight excluding hydrogens is 428 g/mol. The Kier molecular flexibility index (Phi) is 9.50. The first-order chi connectivity index (χ1) is 14.7. The van der Waals surface area contributed by atoms with Gasteiger partial charge in [0.25, 0.3) is 0 Å². The zero-order valence-electron chi connectivity index (χ0n) is 19.3. The number of fused-ring (bicyclic) bond motifs is 3. The third kappa shape index (κ3) is 5.39. The van der Waals surface area contributed by atoms with Crippen LogP contribution in [0.3, 0.4) is 0 Å². The maximum atomic E-state index is 3.97. The quantitative estimate of drug-likeness (QED) is 0.241. The highest BCUT2D eigenvalue weighted by molar-refractivity contribution is 9.10. The molecule has 0 fully saturated rings. The van der Waals surface area contributed by atoms with Gasteiger partial charge in [0.15, 0.2) is 0 Å². The lowest BCUT2D eigenvalue weighted by molar-refractivity contribution is 0.396. The van der Waals surface area contributed by atoms with E-state index in [0.29, 0.717) is 0 Å². The molecule has 0 aliphatic heterocycles. The normalized spacial score (nSPS) is 14.0. The first kappa shape index (κ1) is 23.6. The molecule has 0 spiro atoms. The molecule has 0 bridgehead atoms. The fourth-order valence-electron chi connectivity index (χ4n) is 5.56. The van der Waals surface area contributed by atoms with Crippen molar-refractivity contribution >= 4 is 15.9 Å². The lowest BCUT2D eigenvalue weighted by Crippen LogP contribution is -2.26. The number of unbranched alkanes of at least 4 members (excludes halogenated alkanes) is 10. The van der Waals surface area contributed by atoms with Crippen LogP contribution < -0.4 is 0 Å². The van der Waals surface area contributed by atoms with E-state index in [4.69, 9.17) is 0 Å². The average Bonchev–Trinajstić information content (AvgIpc) is 3.05. The van der Waals surface area contributed by atoms with Crippen LogP contribution in [0.5, 0.6) is 0 Å². The third-order valence-corrected chi connectivity index (χ3v) is 7.80. The van der Waals surface area contributed by atoms with Crippen molar-refractivity contribution in [1.29, 1.82) is 0 Å². The molecule has 164 valence electrons. The summed E-state index contributed by atoms with van der Waals surface area (Å²) in [6.45, 7) is 4.61. The van der Waals surface area contributed by atoms with Crippen molar-refractivity contribution in [3.63, 3.8) is 0 Å². The van der Waals surface area contributed by atoms with Crippen LogP contribution in [0.2, 0.25) is 0 Å². The lowest BCUT2D eigenvalue weighted by atomic mass is 9.70. The van der Waals surface area contributed by atoms with Gasteiger partial charge < -0.3 is 0 Å². The number of halogens is 1. The Hall–Kier alpha value is -1.08. The van der Waals surface area contributed by atoms with E-state index in [0.717, 1.165) is 0 Å². The summed E-state index contributed by atoms with van der Waals surface area (Å²) >= 11 is 3.97. The monoisotopic (exact) mass is 468 g/mol. The molecular formula is C29H41Br. The zero-order chi connectivity index (χ0) is 21.2. The molecule has 0 atom stereocenters. The van der Waals surface area contributed by atoms with Gasteiger partial charge in [-0.1, -0.05) is 143 Å². The summed E-state index contributed by atoms with van der Waals surface area (Å²) in [5.41, 5.74) is 6.31. The molecule has 0 saturated carbocycles. The minimum Gasteiger partial charge on any atom is -0.0654 e. The van der Waals surface area contributed by atoms with Gasteiger partial charge in [0.05, 0.1) is 0 Å². The van der Waals surface area contributed by atoms with Crippen LogP contribution in [0.4, 0.5) is 0 Å². The SMILES string of the molecule is CCCCCCCCC1(CCCCCCCC)c2ccccc2-c2cccc(Br)c21. The van der Waals surface area contributed by atoms with Gasteiger partial charge in [-0.05, 0) is 41.2 Å². The van der Waals surface area contributed by atoms with Crippen LogP contribution in [0.25, 0.3) is 11.1 Å². The minimum absolute atomic E-state index is 0.196. The van der Waals surface area contributed by atoms with Gasteiger partial charge in [-0.15, -0.1) is 0 Å². The molecule has 2 aromatic carbocycles. The number of benzene rings is 2. The fraction of sp³-hybridized carbons (Fsp3) is 0.586. The first-order valence-corrected chi connectivity index (χ1v) is 13.4. The van der Waals surface area contributed by atoms with Gasteiger partial charge in [0, 0.05) is 9.89 Å². The van der Waals surface area contributed by atoms with E-state index in [2.05, 4.69) is 72.2 Å². The molecule has 0 heterocycles. The van der Waals surface area contributed by atoms with Crippen molar-refractivity contribution in [2.75, 3.05) is 0 Å². The van der Waals surface area contributed by atoms with Crippen molar-refractivity contribution < 1.29 is 0 Å². The van der Waals surface area contributed by atoms with Crippen molar-refractivity contribution in [1.82, 2.24) is 0 Å². The second-order valence-corrected chi connectivity index (χ2v) is 10.2. The minimum atomic E-state index is 0.196. The maximum Gasteiger partial charge on any atom is 0.0226 e. The van der Waals surface area contributed by atoms with E-state index in [-0.39, 0.29) is 5.41 Å². The molecule has 1 heteroatoms. The Morgan fingerprint density at radius 2 is 1.13 bits per heavy atom. The van der Waals surface area contributed by atoms with E-state index in [9.17, 15) is 0 Å². The largest absolute Gasteiger partial charge is 0.0654 e. The van der Waals surface area contributed by atoms with Crippen molar-refractivity contribution in [2.24, 2.45) is 0 Å². The summed E-state index contributed by atoms with van der Waals surface area (Å²) in [6, 6.07) is 16.1. The van der Waals surface area contributed by atoms with Crippen LogP contribution in [0.1, 0.15) is 115 Å². The molecule has 2 aromatic rings. The van der Waals surface area contributed by atoms with Crippen LogP contribution >= 0.6 is 15.9 Å². The van der Waals surface area contributed by atoms with Gasteiger partial charge >= 0.3 is 0 Å². The van der Waals surface area contributed by atoms with E-state index in [1.807, 2.05) is 0 Å². The lowest BCUT2D eigenvalue weighted by Gasteiger charge is -2.33. The first-order valence-electron chi connectivity index (χ1n) is 12.6. The number of hydrogen-bond donors (Lipinski definition) is 0. The van der Waals surface area contributed by atoms with Crippen LogP contribution in [-0.2, 0) is 5.41 Å². The second kappa shape index (κ2) is 12.1. The Morgan fingerprint density at radius 3 is 1.77 bits per heavy atom.